The third kappa shape index (κ3) is 2.66. The SMILES string of the molecule is CC1(C)CC(C(=O)O)C(C)(C)N1OC1(C(=O)O)CC(C)(C)N([O])C1(C)C. The lowest BCUT2D eigenvalue weighted by Gasteiger charge is -2.47. The van der Waals surface area contributed by atoms with Crippen molar-refractivity contribution < 1.29 is 29.8 Å². The number of nitrogens with zero attached hydrogens (tertiary/aromatic N) is 2. The summed E-state index contributed by atoms with van der Waals surface area (Å²) in [6.45, 7) is 13.6. The van der Waals surface area contributed by atoms with E-state index in [1.165, 1.54) is 5.06 Å². The molecule has 8 nitrogen and oxygen atoms in total. The van der Waals surface area contributed by atoms with E-state index in [1.807, 2.05) is 13.8 Å². The van der Waals surface area contributed by atoms with E-state index in [1.54, 1.807) is 41.5 Å². The molecule has 8 heteroatoms. The molecule has 0 aromatic heterocycles. The van der Waals surface area contributed by atoms with Gasteiger partial charge >= 0.3 is 11.9 Å². The van der Waals surface area contributed by atoms with Crippen LogP contribution in [0.5, 0.6) is 0 Å². The minimum Gasteiger partial charge on any atom is -0.481 e. The number of rotatable bonds is 4. The van der Waals surface area contributed by atoms with Crippen LogP contribution in [-0.4, -0.2) is 60.0 Å². The second-order valence-electron chi connectivity index (χ2n) is 9.92. The summed E-state index contributed by atoms with van der Waals surface area (Å²) in [4.78, 5) is 30.3. The quantitative estimate of drug-likeness (QED) is 0.780. The molecular formula is C18H31N2O6. The predicted molar refractivity (Wildman–Crippen MR) is 92.5 cm³/mol. The van der Waals surface area contributed by atoms with Gasteiger partial charge in [0.05, 0.1) is 17.0 Å². The lowest BCUT2D eigenvalue weighted by atomic mass is 9.82. The third-order valence-electron chi connectivity index (χ3n) is 6.25. The molecule has 2 aliphatic rings. The lowest BCUT2D eigenvalue weighted by molar-refractivity contribution is -0.335. The molecule has 0 aliphatic carbocycles. The molecule has 2 fully saturated rings. The van der Waals surface area contributed by atoms with Gasteiger partial charge in [-0.3, -0.25) is 9.63 Å². The molecule has 0 aromatic rings. The van der Waals surface area contributed by atoms with Crippen LogP contribution in [0.1, 0.15) is 68.2 Å². The molecule has 149 valence electrons. The Kier molecular flexibility index (Phi) is 4.57. The molecular weight excluding hydrogens is 340 g/mol. The van der Waals surface area contributed by atoms with E-state index in [2.05, 4.69) is 0 Å². The molecule has 2 unspecified atom stereocenters. The van der Waals surface area contributed by atoms with Crippen molar-refractivity contribution in [3.05, 3.63) is 0 Å². The smallest absolute Gasteiger partial charge is 0.340 e. The van der Waals surface area contributed by atoms with Gasteiger partial charge in [0.2, 0.25) is 5.60 Å². The number of carboxylic acids is 2. The molecule has 2 N–H and O–H groups in total. The Labute approximate surface area is 154 Å². The van der Waals surface area contributed by atoms with Crippen molar-refractivity contribution in [3.8, 4) is 0 Å². The van der Waals surface area contributed by atoms with Crippen molar-refractivity contribution in [2.24, 2.45) is 5.92 Å². The van der Waals surface area contributed by atoms with Gasteiger partial charge in [-0.05, 0) is 61.8 Å². The van der Waals surface area contributed by atoms with Crippen molar-refractivity contribution in [2.45, 2.75) is 96.0 Å². The molecule has 26 heavy (non-hydrogen) atoms. The molecule has 0 amide bonds. The maximum atomic E-state index is 12.8. The summed E-state index contributed by atoms with van der Waals surface area (Å²) in [5.41, 5.74) is -5.70. The van der Waals surface area contributed by atoms with Gasteiger partial charge in [-0.1, -0.05) is 0 Å². The number of hydrogen-bond acceptors (Lipinski definition) is 5. The average Bonchev–Trinajstić information content (AvgIpc) is 2.71. The maximum absolute atomic E-state index is 12.8. The monoisotopic (exact) mass is 371 g/mol. The Morgan fingerprint density at radius 2 is 1.46 bits per heavy atom. The fourth-order valence-corrected chi connectivity index (χ4v) is 4.88. The molecule has 0 saturated carbocycles. The summed E-state index contributed by atoms with van der Waals surface area (Å²) in [6, 6.07) is 0. The zero-order valence-corrected chi connectivity index (χ0v) is 16.9. The minimum atomic E-state index is -1.79. The van der Waals surface area contributed by atoms with E-state index in [0.29, 0.717) is 6.42 Å². The molecule has 0 aromatic carbocycles. The second-order valence-corrected chi connectivity index (χ2v) is 9.92. The van der Waals surface area contributed by atoms with Crippen LogP contribution < -0.4 is 0 Å². The largest absolute Gasteiger partial charge is 0.481 e. The van der Waals surface area contributed by atoms with Gasteiger partial charge in [0.25, 0.3) is 0 Å². The standard InChI is InChI=1S/C18H31N2O6/c1-14(2)9-11(12(21)22)16(5,6)20(14)26-18(13(23)24)10-15(3,4)19(25)17(18,7)8/h11H,9-10H2,1-8H3,(H,21,22)(H,23,24). The van der Waals surface area contributed by atoms with Crippen molar-refractivity contribution in [3.63, 3.8) is 0 Å². The Balaban J connectivity index is 2.55. The first kappa shape index (κ1) is 21.1. The highest BCUT2D eigenvalue weighted by molar-refractivity contribution is 5.80. The molecule has 0 spiro atoms. The van der Waals surface area contributed by atoms with E-state index in [4.69, 9.17) is 4.84 Å². The minimum absolute atomic E-state index is 0.00771. The van der Waals surface area contributed by atoms with E-state index < -0.39 is 45.6 Å². The van der Waals surface area contributed by atoms with Gasteiger partial charge in [-0.25, -0.2) is 4.79 Å². The highest BCUT2D eigenvalue weighted by Gasteiger charge is 2.70. The van der Waals surface area contributed by atoms with Gasteiger partial charge in [-0.15, -0.1) is 10.3 Å². The number of hydrogen-bond donors (Lipinski definition) is 2. The molecule has 2 saturated heterocycles. The van der Waals surface area contributed by atoms with Gasteiger partial charge in [0, 0.05) is 17.5 Å². The Hall–Kier alpha value is -1.22. The summed E-state index contributed by atoms with van der Waals surface area (Å²) in [5, 5.41) is 34.8. The van der Waals surface area contributed by atoms with Gasteiger partial charge < -0.3 is 10.2 Å². The second kappa shape index (κ2) is 5.64. The molecule has 2 atom stereocenters. The van der Waals surface area contributed by atoms with E-state index >= 15 is 0 Å². The average molecular weight is 371 g/mol. The van der Waals surface area contributed by atoms with Crippen molar-refractivity contribution >= 4 is 11.9 Å². The maximum Gasteiger partial charge on any atom is 0.340 e. The highest BCUT2D eigenvalue weighted by Crippen LogP contribution is 2.53. The zero-order valence-electron chi connectivity index (χ0n) is 16.9. The Morgan fingerprint density at radius 1 is 0.962 bits per heavy atom. The van der Waals surface area contributed by atoms with Crippen LogP contribution in [-0.2, 0) is 19.6 Å². The summed E-state index contributed by atoms with van der Waals surface area (Å²) in [5.74, 6) is -2.89. The summed E-state index contributed by atoms with van der Waals surface area (Å²) in [7, 11) is 0. The lowest BCUT2D eigenvalue weighted by Crippen LogP contribution is -2.64. The Bertz CT molecular complexity index is 627. The van der Waals surface area contributed by atoms with Crippen molar-refractivity contribution in [2.75, 3.05) is 0 Å². The number of carbonyl (C=O) groups is 2. The van der Waals surface area contributed by atoms with Gasteiger partial charge in [0.15, 0.2) is 0 Å². The normalized spacial score (nSPS) is 35.5. The number of carboxylic acid groups (broad SMARTS) is 2. The molecule has 2 rings (SSSR count). The molecule has 1 radical (unpaired) electrons. The van der Waals surface area contributed by atoms with Gasteiger partial charge in [0.1, 0.15) is 0 Å². The van der Waals surface area contributed by atoms with E-state index in [0.717, 1.165) is 5.06 Å². The zero-order chi connectivity index (χ0) is 20.5. The number of aliphatic carboxylic acids is 2. The Morgan fingerprint density at radius 3 is 1.77 bits per heavy atom. The first-order valence-electron chi connectivity index (χ1n) is 8.87. The molecule has 2 aliphatic heterocycles. The van der Waals surface area contributed by atoms with Crippen LogP contribution >= 0.6 is 0 Å². The summed E-state index contributed by atoms with van der Waals surface area (Å²) in [6.07, 6.45) is 0.308. The first-order chi connectivity index (χ1) is 11.4. The fourth-order valence-electron chi connectivity index (χ4n) is 4.88. The predicted octanol–water partition coefficient (Wildman–Crippen LogP) is 2.31. The van der Waals surface area contributed by atoms with Crippen LogP contribution in [0.4, 0.5) is 0 Å². The first-order valence-corrected chi connectivity index (χ1v) is 8.87. The molecule has 2 heterocycles. The van der Waals surface area contributed by atoms with Gasteiger partial charge in [-0.2, -0.15) is 5.06 Å². The highest BCUT2D eigenvalue weighted by atomic mass is 16.7. The fraction of sp³-hybridized carbons (Fsp3) is 0.889. The van der Waals surface area contributed by atoms with Crippen LogP contribution in [0.15, 0.2) is 0 Å². The van der Waals surface area contributed by atoms with Crippen LogP contribution in [0.2, 0.25) is 0 Å². The topological polar surface area (TPSA) is 110 Å². The number of hydroxylamine groups is 4. The van der Waals surface area contributed by atoms with Crippen LogP contribution in [0.25, 0.3) is 0 Å². The third-order valence-corrected chi connectivity index (χ3v) is 6.25. The van der Waals surface area contributed by atoms with Crippen LogP contribution in [0.3, 0.4) is 0 Å². The van der Waals surface area contributed by atoms with E-state index in [9.17, 15) is 25.0 Å². The van der Waals surface area contributed by atoms with Crippen molar-refractivity contribution in [1.82, 2.24) is 10.1 Å². The van der Waals surface area contributed by atoms with Crippen molar-refractivity contribution in [1.29, 1.82) is 0 Å². The van der Waals surface area contributed by atoms with Crippen LogP contribution in [0, 0.1) is 5.92 Å². The summed E-state index contributed by atoms with van der Waals surface area (Å²) < 4.78 is 0. The summed E-state index contributed by atoms with van der Waals surface area (Å²) >= 11 is 0. The molecule has 0 bridgehead atoms. The van der Waals surface area contributed by atoms with E-state index in [-0.39, 0.29) is 6.42 Å².